The Morgan fingerprint density at radius 3 is 2.08 bits per heavy atom. The van der Waals surface area contributed by atoms with Gasteiger partial charge in [-0.2, -0.15) is 0 Å². The van der Waals surface area contributed by atoms with Crippen LogP contribution in [0.1, 0.15) is 33.1 Å². The summed E-state index contributed by atoms with van der Waals surface area (Å²) in [5.74, 6) is 1.79. The maximum atomic E-state index is 7.39. The summed E-state index contributed by atoms with van der Waals surface area (Å²) in [6.07, 6.45) is 3.67. The maximum Gasteiger partial charge on any atom is 0.188 e. The van der Waals surface area contributed by atoms with E-state index in [4.69, 9.17) is 11.1 Å². The van der Waals surface area contributed by atoms with Crippen molar-refractivity contribution in [2.45, 2.75) is 33.1 Å². The fourth-order valence-corrected chi connectivity index (χ4v) is 2.03. The molecule has 1 aliphatic rings. The van der Waals surface area contributed by atoms with Gasteiger partial charge in [-0.15, -0.1) is 0 Å². The topological polar surface area (TPSA) is 53.1 Å². The number of hydrogen-bond donors (Lipinski definition) is 2. The zero-order chi connectivity index (χ0) is 9.84. The standard InChI is InChI=1S/C10H21N3/c1-8-3-5-13(10(11)12)6-4-9(2)7-8/h8-9H,3-7H2,1-2H3,(H3,11,12)/t8-,9?/m0/s1. The minimum absolute atomic E-state index is 0.237. The number of nitrogens with one attached hydrogen (secondary N) is 1. The zero-order valence-electron chi connectivity index (χ0n) is 8.71. The summed E-state index contributed by atoms with van der Waals surface area (Å²) in [5, 5.41) is 7.39. The number of nitrogens with zero attached hydrogens (tertiary/aromatic N) is 1. The second kappa shape index (κ2) is 4.49. The highest BCUT2D eigenvalue weighted by Gasteiger charge is 2.16. The first-order valence-corrected chi connectivity index (χ1v) is 5.18. The van der Waals surface area contributed by atoms with Gasteiger partial charge in [-0.05, 0) is 31.1 Å². The van der Waals surface area contributed by atoms with Crippen molar-refractivity contribution in [2.75, 3.05) is 13.1 Å². The Bertz CT molecular complexity index is 167. The van der Waals surface area contributed by atoms with Gasteiger partial charge in [0.05, 0.1) is 0 Å². The lowest BCUT2D eigenvalue weighted by Gasteiger charge is -2.29. The van der Waals surface area contributed by atoms with Crippen molar-refractivity contribution >= 4 is 5.96 Å². The molecule has 3 heteroatoms. The van der Waals surface area contributed by atoms with E-state index in [0.717, 1.165) is 24.9 Å². The molecule has 1 heterocycles. The highest BCUT2D eigenvalue weighted by molar-refractivity contribution is 5.74. The molecular weight excluding hydrogens is 162 g/mol. The summed E-state index contributed by atoms with van der Waals surface area (Å²) >= 11 is 0. The van der Waals surface area contributed by atoms with E-state index in [9.17, 15) is 0 Å². The zero-order valence-corrected chi connectivity index (χ0v) is 8.71. The fraction of sp³-hybridized carbons (Fsp3) is 0.900. The SMILES string of the molecule is CC1CCN(C(=N)N)CC[C@H](C)C1. The van der Waals surface area contributed by atoms with Crippen LogP contribution < -0.4 is 5.73 Å². The van der Waals surface area contributed by atoms with E-state index in [1.54, 1.807) is 0 Å². The summed E-state index contributed by atoms with van der Waals surface area (Å²) in [7, 11) is 0. The number of rotatable bonds is 0. The Kier molecular flexibility index (Phi) is 3.58. The van der Waals surface area contributed by atoms with E-state index < -0.39 is 0 Å². The van der Waals surface area contributed by atoms with Crippen LogP contribution in [0.3, 0.4) is 0 Å². The molecule has 3 nitrogen and oxygen atoms in total. The van der Waals surface area contributed by atoms with Crippen molar-refractivity contribution in [1.82, 2.24) is 4.90 Å². The average molecular weight is 183 g/mol. The number of likely N-dealkylation sites (tertiary alicyclic amines) is 1. The molecular formula is C10H21N3. The van der Waals surface area contributed by atoms with Crippen molar-refractivity contribution in [2.24, 2.45) is 17.6 Å². The largest absolute Gasteiger partial charge is 0.370 e. The van der Waals surface area contributed by atoms with Gasteiger partial charge < -0.3 is 10.6 Å². The van der Waals surface area contributed by atoms with Crippen LogP contribution >= 0.6 is 0 Å². The molecule has 0 aromatic carbocycles. The molecule has 0 spiro atoms. The molecule has 0 amide bonds. The highest BCUT2D eigenvalue weighted by Crippen LogP contribution is 2.21. The Morgan fingerprint density at radius 2 is 1.69 bits per heavy atom. The monoisotopic (exact) mass is 183 g/mol. The van der Waals surface area contributed by atoms with Gasteiger partial charge in [0.1, 0.15) is 0 Å². The first-order chi connectivity index (χ1) is 6.09. The summed E-state index contributed by atoms with van der Waals surface area (Å²) < 4.78 is 0. The van der Waals surface area contributed by atoms with Gasteiger partial charge in [0, 0.05) is 13.1 Å². The van der Waals surface area contributed by atoms with Crippen LogP contribution in [0, 0.1) is 17.2 Å². The predicted octanol–water partition coefficient (Wildman–Crippen LogP) is 1.64. The molecule has 1 aliphatic heterocycles. The third-order valence-electron chi connectivity index (χ3n) is 2.93. The van der Waals surface area contributed by atoms with Crippen LogP contribution in [-0.4, -0.2) is 23.9 Å². The molecule has 1 fully saturated rings. The molecule has 0 saturated carbocycles. The lowest BCUT2D eigenvalue weighted by Crippen LogP contribution is -2.40. The number of guanidine groups is 1. The molecule has 1 unspecified atom stereocenters. The predicted molar refractivity (Wildman–Crippen MR) is 55.7 cm³/mol. The molecule has 0 aromatic rings. The van der Waals surface area contributed by atoms with Gasteiger partial charge >= 0.3 is 0 Å². The molecule has 0 aliphatic carbocycles. The average Bonchev–Trinajstić information content (AvgIpc) is 2.00. The number of nitrogens with two attached hydrogens (primary N) is 1. The molecule has 76 valence electrons. The summed E-state index contributed by atoms with van der Waals surface area (Å²) in [6, 6.07) is 0. The summed E-state index contributed by atoms with van der Waals surface area (Å²) in [6.45, 7) is 6.51. The van der Waals surface area contributed by atoms with Gasteiger partial charge in [-0.3, -0.25) is 5.41 Å². The Labute approximate surface area is 80.8 Å². The van der Waals surface area contributed by atoms with E-state index in [1.165, 1.54) is 19.3 Å². The molecule has 2 atom stereocenters. The van der Waals surface area contributed by atoms with Gasteiger partial charge in [-0.1, -0.05) is 13.8 Å². The van der Waals surface area contributed by atoms with Crippen molar-refractivity contribution in [3.63, 3.8) is 0 Å². The molecule has 1 saturated heterocycles. The Hall–Kier alpha value is -0.730. The van der Waals surface area contributed by atoms with Crippen LogP contribution in [-0.2, 0) is 0 Å². The van der Waals surface area contributed by atoms with E-state index in [0.29, 0.717) is 0 Å². The smallest absolute Gasteiger partial charge is 0.188 e. The maximum absolute atomic E-state index is 7.39. The second-order valence-corrected chi connectivity index (χ2v) is 4.40. The van der Waals surface area contributed by atoms with Crippen molar-refractivity contribution in [1.29, 1.82) is 5.41 Å². The van der Waals surface area contributed by atoms with Crippen molar-refractivity contribution in [3.05, 3.63) is 0 Å². The minimum atomic E-state index is 0.237. The van der Waals surface area contributed by atoms with Crippen molar-refractivity contribution < 1.29 is 0 Å². The van der Waals surface area contributed by atoms with Crippen LogP contribution in [0.25, 0.3) is 0 Å². The summed E-state index contributed by atoms with van der Waals surface area (Å²) in [5.41, 5.74) is 5.49. The molecule has 0 bridgehead atoms. The van der Waals surface area contributed by atoms with Gasteiger partial charge in [0.15, 0.2) is 5.96 Å². The lowest BCUT2D eigenvalue weighted by atomic mass is 9.90. The highest BCUT2D eigenvalue weighted by atomic mass is 15.2. The fourth-order valence-electron chi connectivity index (χ4n) is 2.03. The van der Waals surface area contributed by atoms with E-state index >= 15 is 0 Å². The Morgan fingerprint density at radius 1 is 1.23 bits per heavy atom. The van der Waals surface area contributed by atoms with Crippen molar-refractivity contribution in [3.8, 4) is 0 Å². The van der Waals surface area contributed by atoms with Gasteiger partial charge in [0.2, 0.25) is 0 Å². The lowest BCUT2D eigenvalue weighted by molar-refractivity contribution is 0.266. The third-order valence-corrected chi connectivity index (χ3v) is 2.93. The quantitative estimate of drug-likeness (QED) is 0.443. The van der Waals surface area contributed by atoms with Crippen LogP contribution in [0.2, 0.25) is 0 Å². The van der Waals surface area contributed by atoms with Gasteiger partial charge in [-0.25, -0.2) is 0 Å². The first kappa shape index (κ1) is 10.4. The van der Waals surface area contributed by atoms with Gasteiger partial charge in [0.25, 0.3) is 0 Å². The second-order valence-electron chi connectivity index (χ2n) is 4.40. The molecule has 3 N–H and O–H groups in total. The third kappa shape index (κ3) is 3.25. The Balaban J connectivity index is 2.48. The van der Waals surface area contributed by atoms with E-state index in [-0.39, 0.29) is 5.96 Å². The molecule has 0 aromatic heterocycles. The minimum Gasteiger partial charge on any atom is -0.370 e. The van der Waals surface area contributed by atoms with Crippen LogP contribution in [0.4, 0.5) is 0 Å². The first-order valence-electron chi connectivity index (χ1n) is 5.18. The normalized spacial score (nSPS) is 30.8. The summed E-state index contributed by atoms with van der Waals surface area (Å²) in [4.78, 5) is 1.99. The van der Waals surface area contributed by atoms with E-state index in [2.05, 4.69) is 13.8 Å². The molecule has 13 heavy (non-hydrogen) atoms. The molecule has 1 rings (SSSR count). The number of hydrogen-bond acceptors (Lipinski definition) is 1. The van der Waals surface area contributed by atoms with Crippen LogP contribution in [0.5, 0.6) is 0 Å². The van der Waals surface area contributed by atoms with Crippen LogP contribution in [0.15, 0.2) is 0 Å². The molecule has 0 radical (unpaired) electrons. The van der Waals surface area contributed by atoms with E-state index in [1.807, 2.05) is 4.90 Å².